The quantitative estimate of drug-likeness (QED) is 0.797. The third-order valence-corrected chi connectivity index (χ3v) is 3.36. The molecule has 3 N–H and O–H groups in total. The van der Waals surface area contributed by atoms with Gasteiger partial charge in [-0.2, -0.15) is 0 Å². The van der Waals surface area contributed by atoms with Gasteiger partial charge in [-0.05, 0) is 19.8 Å². The van der Waals surface area contributed by atoms with Crippen LogP contribution in [0.4, 0.5) is 0 Å². The third kappa shape index (κ3) is 3.28. The van der Waals surface area contributed by atoms with Crippen molar-refractivity contribution >= 4 is 17.3 Å². The van der Waals surface area contributed by atoms with E-state index in [2.05, 4.69) is 11.9 Å². The Morgan fingerprint density at radius 1 is 1.67 bits per heavy atom. The van der Waals surface area contributed by atoms with Gasteiger partial charge in [0.2, 0.25) is 0 Å². The van der Waals surface area contributed by atoms with Crippen LogP contribution in [-0.4, -0.2) is 22.1 Å². The van der Waals surface area contributed by atoms with E-state index in [9.17, 15) is 4.79 Å². The Morgan fingerprint density at radius 2 is 2.33 bits per heavy atom. The van der Waals surface area contributed by atoms with Gasteiger partial charge in [-0.15, -0.1) is 11.3 Å². The third-order valence-electron chi connectivity index (χ3n) is 2.12. The van der Waals surface area contributed by atoms with Crippen LogP contribution < -0.4 is 5.73 Å². The van der Waals surface area contributed by atoms with Crippen LogP contribution in [0.3, 0.4) is 0 Å². The highest BCUT2D eigenvalue weighted by Crippen LogP contribution is 2.20. The van der Waals surface area contributed by atoms with Crippen LogP contribution in [-0.2, 0) is 17.6 Å². The molecule has 4 nitrogen and oxygen atoms in total. The van der Waals surface area contributed by atoms with Gasteiger partial charge in [0.25, 0.3) is 0 Å². The number of hydrogen-bond donors (Lipinski definition) is 2. The van der Waals surface area contributed by atoms with Gasteiger partial charge >= 0.3 is 5.97 Å². The molecule has 1 atom stereocenters. The zero-order chi connectivity index (χ0) is 11.4. The molecule has 1 aromatic heterocycles. The van der Waals surface area contributed by atoms with Gasteiger partial charge in [0.15, 0.2) is 0 Å². The minimum absolute atomic E-state index is 0.378. The smallest absolute Gasteiger partial charge is 0.320 e. The van der Waals surface area contributed by atoms with Crippen LogP contribution in [0.1, 0.15) is 28.9 Å². The van der Waals surface area contributed by atoms with Gasteiger partial charge in [0.1, 0.15) is 6.04 Å². The summed E-state index contributed by atoms with van der Waals surface area (Å²) < 4.78 is 0. The van der Waals surface area contributed by atoms with Crippen LogP contribution in [0.25, 0.3) is 0 Å². The molecule has 0 saturated carbocycles. The molecule has 0 radical (unpaired) electrons. The molecule has 0 spiro atoms. The molecule has 0 fully saturated rings. The summed E-state index contributed by atoms with van der Waals surface area (Å²) in [5.74, 6) is -0.958. The highest BCUT2D eigenvalue weighted by molar-refractivity contribution is 7.11. The monoisotopic (exact) mass is 228 g/mol. The molecule has 1 aromatic rings. The van der Waals surface area contributed by atoms with Crippen molar-refractivity contribution < 1.29 is 9.90 Å². The largest absolute Gasteiger partial charge is 0.480 e. The van der Waals surface area contributed by atoms with Crippen molar-refractivity contribution in [2.24, 2.45) is 5.73 Å². The van der Waals surface area contributed by atoms with E-state index in [0.717, 1.165) is 28.4 Å². The maximum Gasteiger partial charge on any atom is 0.320 e. The van der Waals surface area contributed by atoms with Crippen LogP contribution in [0.2, 0.25) is 0 Å². The molecule has 0 aromatic carbocycles. The molecular weight excluding hydrogens is 212 g/mol. The molecule has 5 heteroatoms. The Bertz CT molecular complexity index is 349. The second kappa shape index (κ2) is 5.23. The van der Waals surface area contributed by atoms with E-state index in [4.69, 9.17) is 10.8 Å². The molecule has 1 rings (SSSR count). The maximum absolute atomic E-state index is 10.6. The van der Waals surface area contributed by atoms with E-state index in [1.807, 2.05) is 6.92 Å². The summed E-state index contributed by atoms with van der Waals surface area (Å²) >= 11 is 1.58. The fraction of sp³-hybridized carbons (Fsp3) is 0.600. The fourth-order valence-corrected chi connectivity index (χ4v) is 2.51. The topological polar surface area (TPSA) is 76.2 Å². The standard InChI is InChI=1S/C10H16N2O2S/c1-3-4-9-12-6(2)8(15-9)5-7(11)10(13)14/h7H,3-5,11H2,1-2H3,(H,13,14). The Hall–Kier alpha value is -0.940. The van der Waals surface area contributed by atoms with Gasteiger partial charge in [0, 0.05) is 11.3 Å². The predicted molar refractivity (Wildman–Crippen MR) is 60.2 cm³/mol. The first kappa shape index (κ1) is 12.1. The fourth-order valence-electron chi connectivity index (χ4n) is 1.29. The maximum atomic E-state index is 10.6. The molecular formula is C10H16N2O2S. The lowest BCUT2D eigenvalue weighted by Gasteiger charge is -2.03. The molecule has 0 bridgehead atoms. The number of aromatic nitrogens is 1. The van der Waals surface area contributed by atoms with E-state index in [1.165, 1.54) is 0 Å². The molecule has 0 aliphatic rings. The van der Waals surface area contributed by atoms with Crippen molar-refractivity contribution in [1.82, 2.24) is 4.98 Å². The number of thiazole rings is 1. The summed E-state index contributed by atoms with van der Waals surface area (Å²) in [6.45, 7) is 4.00. The van der Waals surface area contributed by atoms with Crippen molar-refractivity contribution in [2.45, 2.75) is 39.2 Å². The second-order valence-electron chi connectivity index (χ2n) is 3.52. The lowest BCUT2D eigenvalue weighted by molar-refractivity contribution is -0.138. The molecule has 1 heterocycles. The number of aliphatic carboxylic acids is 1. The first-order chi connectivity index (χ1) is 7.04. The van der Waals surface area contributed by atoms with Crippen molar-refractivity contribution in [3.63, 3.8) is 0 Å². The van der Waals surface area contributed by atoms with E-state index in [0.29, 0.717) is 6.42 Å². The normalized spacial score (nSPS) is 12.7. The number of carbonyl (C=O) groups is 1. The summed E-state index contributed by atoms with van der Waals surface area (Å²) in [6, 6.07) is -0.821. The van der Waals surface area contributed by atoms with Crippen molar-refractivity contribution in [3.05, 3.63) is 15.6 Å². The van der Waals surface area contributed by atoms with Crippen LogP contribution in [0, 0.1) is 6.92 Å². The molecule has 0 amide bonds. The van der Waals surface area contributed by atoms with Crippen molar-refractivity contribution in [2.75, 3.05) is 0 Å². The summed E-state index contributed by atoms with van der Waals surface area (Å²) in [5.41, 5.74) is 6.40. The van der Waals surface area contributed by atoms with E-state index >= 15 is 0 Å². The van der Waals surface area contributed by atoms with E-state index in [-0.39, 0.29) is 0 Å². The Balaban J connectivity index is 2.72. The Kier molecular flexibility index (Phi) is 4.23. The summed E-state index contributed by atoms with van der Waals surface area (Å²) in [6.07, 6.45) is 2.38. The first-order valence-corrected chi connectivity index (χ1v) is 5.79. The Labute approximate surface area is 93.1 Å². The average Bonchev–Trinajstić information content (AvgIpc) is 2.47. The van der Waals surface area contributed by atoms with E-state index in [1.54, 1.807) is 11.3 Å². The van der Waals surface area contributed by atoms with Gasteiger partial charge < -0.3 is 10.8 Å². The van der Waals surface area contributed by atoms with Gasteiger partial charge in [0.05, 0.1) is 10.7 Å². The number of nitrogens with zero attached hydrogens (tertiary/aromatic N) is 1. The highest BCUT2D eigenvalue weighted by Gasteiger charge is 2.16. The predicted octanol–water partition coefficient (Wildman–Crippen LogP) is 1.36. The number of aryl methyl sites for hydroxylation is 2. The highest BCUT2D eigenvalue weighted by atomic mass is 32.1. The van der Waals surface area contributed by atoms with E-state index < -0.39 is 12.0 Å². The average molecular weight is 228 g/mol. The number of hydrogen-bond acceptors (Lipinski definition) is 4. The number of carboxylic acid groups (broad SMARTS) is 1. The molecule has 1 unspecified atom stereocenters. The van der Waals surface area contributed by atoms with Gasteiger partial charge in [-0.3, -0.25) is 4.79 Å². The van der Waals surface area contributed by atoms with Crippen LogP contribution in [0.5, 0.6) is 0 Å². The molecule has 0 saturated heterocycles. The lowest BCUT2D eigenvalue weighted by Crippen LogP contribution is -2.32. The lowest BCUT2D eigenvalue weighted by atomic mass is 10.2. The summed E-state index contributed by atoms with van der Waals surface area (Å²) in [5, 5.41) is 9.78. The summed E-state index contributed by atoms with van der Waals surface area (Å²) in [4.78, 5) is 16.0. The van der Waals surface area contributed by atoms with Crippen molar-refractivity contribution in [3.8, 4) is 0 Å². The number of rotatable bonds is 5. The number of carboxylic acids is 1. The second-order valence-corrected chi connectivity index (χ2v) is 4.68. The summed E-state index contributed by atoms with van der Waals surface area (Å²) in [7, 11) is 0. The first-order valence-electron chi connectivity index (χ1n) is 4.98. The molecule has 15 heavy (non-hydrogen) atoms. The Morgan fingerprint density at radius 3 is 2.87 bits per heavy atom. The minimum Gasteiger partial charge on any atom is -0.480 e. The SMILES string of the molecule is CCCc1nc(C)c(CC(N)C(=O)O)s1. The molecule has 0 aliphatic carbocycles. The number of nitrogens with two attached hydrogens (primary N) is 1. The van der Waals surface area contributed by atoms with Crippen LogP contribution >= 0.6 is 11.3 Å². The van der Waals surface area contributed by atoms with Gasteiger partial charge in [-0.1, -0.05) is 6.92 Å². The molecule has 84 valence electrons. The zero-order valence-electron chi connectivity index (χ0n) is 8.99. The van der Waals surface area contributed by atoms with Crippen LogP contribution in [0.15, 0.2) is 0 Å². The molecule has 0 aliphatic heterocycles. The van der Waals surface area contributed by atoms with Gasteiger partial charge in [-0.25, -0.2) is 4.98 Å². The van der Waals surface area contributed by atoms with Crippen molar-refractivity contribution in [1.29, 1.82) is 0 Å². The minimum atomic E-state index is -0.958. The zero-order valence-corrected chi connectivity index (χ0v) is 9.80.